The first-order valence-corrected chi connectivity index (χ1v) is 19.4. The average Bonchev–Trinajstić information content (AvgIpc) is 4.13. The highest BCUT2D eigenvalue weighted by Gasteiger charge is 2.21. The van der Waals surface area contributed by atoms with Crippen LogP contribution in [0.2, 0.25) is 0 Å². The molecule has 0 unspecified atom stereocenters. The second-order valence-electron chi connectivity index (χ2n) is 14.5. The second kappa shape index (κ2) is 14.0. The number of fused-ring (bicyclic) bond motifs is 8. The van der Waals surface area contributed by atoms with E-state index in [1.807, 2.05) is 35.1 Å². The number of benzene rings is 4. The van der Waals surface area contributed by atoms with Crippen molar-refractivity contribution in [2.75, 3.05) is 0 Å². The molecule has 58 heavy (non-hydrogen) atoms. The lowest BCUT2D eigenvalue weighted by Gasteiger charge is -2.11. The number of H-pyrrole nitrogens is 2. The quantitative estimate of drug-likeness (QED) is 0.177. The number of nitrogens with one attached hydrogen (secondary N) is 2. The first-order chi connectivity index (χ1) is 28.7. The average molecular weight is 746 g/mol. The number of allylic oxidation sites excluding steroid dienone is 4. The molecule has 4 aromatic heterocycles. The molecular formula is C51H35N7. The summed E-state index contributed by atoms with van der Waals surface area (Å²) in [5, 5.41) is 9.24. The minimum absolute atomic E-state index is 0.0977. The highest BCUT2D eigenvalue weighted by molar-refractivity contribution is 6.00. The molecule has 8 bridgehead atoms. The standard InChI is InChI=1S/C51H35N7/c1-4-16-34(17-5-1)48-38-24-26-40(52-38)49(35-18-6-2-7-19-35)42-28-30-44(54-42)51(37-22-12-13-23-47(37)58-32-46(56-57-58)33-14-10-11-15-33)45-31-29-43(55-45)50(36-20-8-3-9-21-36)41-27-25-39(48)53-41/h1-33,52,55H. The Bertz CT molecular complexity index is 3110. The van der Waals surface area contributed by atoms with E-state index < -0.39 is 0 Å². The fraction of sp³-hybridized carbons (Fsp3) is 0.0196. The van der Waals surface area contributed by atoms with Gasteiger partial charge in [-0.25, -0.2) is 14.6 Å². The van der Waals surface area contributed by atoms with E-state index in [4.69, 9.17) is 9.97 Å². The van der Waals surface area contributed by atoms with Crippen LogP contribution in [0, 0.1) is 0 Å². The van der Waals surface area contributed by atoms with Crippen LogP contribution in [0.25, 0.3) is 96.6 Å². The van der Waals surface area contributed by atoms with E-state index in [1.165, 1.54) is 0 Å². The van der Waals surface area contributed by atoms with Crippen LogP contribution in [0.1, 0.15) is 34.4 Å². The maximum absolute atomic E-state index is 5.49. The predicted molar refractivity (Wildman–Crippen MR) is 237 cm³/mol. The molecule has 3 aliphatic rings. The Balaban J connectivity index is 1.27. The van der Waals surface area contributed by atoms with Gasteiger partial charge in [0.2, 0.25) is 0 Å². The smallest absolute Gasteiger partial charge is 0.0938 e. The Labute approximate surface area is 334 Å². The van der Waals surface area contributed by atoms with Gasteiger partial charge in [-0.2, -0.15) is 0 Å². The zero-order valence-corrected chi connectivity index (χ0v) is 31.3. The van der Waals surface area contributed by atoms with E-state index in [9.17, 15) is 0 Å². The molecule has 8 aromatic rings. The van der Waals surface area contributed by atoms with Crippen LogP contribution in [-0.2, 0) is 0 Å². The zero-order valence-electron chi connectivity index (χ0n) is 31.3. The lowest BCUT2D eigenvalue weighted by atomic mass is 10.0. The van der Waals surface area contributed by atoms with Crippen molar-refractivity contribution >= 4 is 46.4 Å². The Kier molecular flexibility index (Phi) is 8.07. The molecule has 2 aliphatic heterocycles. The van der Waals surface area contributed by atoms with Gasteiger partial charge in [-0.3, -0.25) is 0 Å². The van der Waals surface area contributed by atoms with Gasteiger partial charge in [0.25, 0.3) is 0 Å². The van der Waals surface area contributed by atoms with Crippen molar-refractivity contribution in [3.8, 4) is 50.2 Å². The molecule has 0 atom stereocenters. The molecule has 0 fully saturated rings. The number of rotatable bonds is 6. The summed E-state index contributed by atoms with van der Waals surface area (Å²) in [6, 6.07) is 48.4. The van der Waals surface area contributed by atoms with Crippen LogP contribution in [0.4, 0.5) is 0 Å². The minimum Gasteiger partial charge on any atom is -0.354 e. The van der Waals surface area contributed by atoms with Gasteiger partial charge in [0, 0.05) is 55.8 Å². The van der Waals surface area contributed by atoms with Crippen molar-refractivity contribution in [2.24, 2.45) is 0 Å². The van der Waals surface area contributed by atoms with Gasteiger partial charge in [0.05, 0.1) is 40.4 Å². The van der Waals surface area contributed by atoms with Crippen molar-refractivity contribution in [2.45, 2.75) is 5.92 Å². The molecule has 0 saturated heterocycles. The van der Waals surface area contributed by atoms with Crippen LogP contribution in [0.15, 0.2) is 170 Å². The fourth-order valence-corrected chi connectivity index (χ4v) is 8.28. The summed E-state index contributed by atoms with van der Waals surface area (Å²) in [5.74, 6) is 0.0977. The van der Waals surface area contributed by atoms with Gasteiger partial charge >= 0.3 is 0 Å². The number of nitrogens with zero attached hydrogens (tertiary/aromatic N) is 5. The number of hydrogen-bond acceptors (Lipinski definition) is 4. The van der Waals surface area contributed by atoms with Gasteiger partial charge in [-0.15, -0.1) is 5.10 Å². The van der Waals surface area contributed by atoms with E-state index in [1.54, 1.807) is 0 Å². The van der Waals surface area contributed by atoms with Crippen LogP contribution in [0.5, 0.6) is 0 Å². The fourth-order valence-electron chi connectivity index (χ4n) is 8.28. The molecule has 11 rings (SSSR count). The van der Waals surface area contributed by atoms with E-state index >= 15 is 0 Å². The van der Waals surface area contributed by atoms with Crippen molar-refractivity contribution in [1.29, 1.82) is 0 Å². The molecule has 0 radical (unpaired) electrons. The van der Waals surface area contributed by atoms with Gasteiger partial charge in [-0.05, 0) is 71.3 Å². The van der Waals surface area contributed by atoms with Crippen molar-refractivity contribution in [3.05, 3.63) is 198 Å². The normalized spacial score (nSPS) is 13.2. The summed E-state index contributed by atoms with van der Waals surface area (Å²) in [4.78, 5) is 18.6. The van der Waals surface area contributed by atoms with Gasteiger partial charge in [0.1, 0.15) is 0 Å². The van der Waals surface area contributed by atoms with E-state index in [-0.39, 0.29) is 5.92 Å². The lowest BCUT2D eigenvalue weighted by molar-refractivity contribution is 0.798. The molecule has 0 saturated carbocycles. The minimum atomic E-state index is 0.0977. The highest BCUT2D eigenvalue weighted by atomic mass is 15.4. The number of hydrogen-bond donors (Lipinski definition) is 2. The van der Waals surface area contributed by atoms with Gasteiger partial charge < -0.3 is 9.97 Å². The number of para-hydroxylation sites is 1. The Morgan fingerprint density at radius 1 is 0.431 bits per heavy atom. The van der Waals surface area contributed by atoms with E-state index in [0.717, 1.165) is 101 Å². The van der Waals surface area contributed by atoms with E-state index in [0.29, 0.717) is 0 Å². The Morgan fingerprint density at radius 3 is 1.33 bits per heavy atom. The Hall–Kier alpha value is -7.90. The van der Waals surface area contributed by atoms with Crippen LogP contribution < -0.4 is 0 Å². The SMILES string of the molecule is C1=CC(c2cn(-c3ccccc3-c3c4nc(c(-c5ccccc5)c5ccc([nH]5)c(-c5ccccc5)c5nc(c(-c6ccccc6)c6ccc3[nH]6)C=C5)C=C4)nn2)C=C1. The summed E-state index contributed by atoms with van der Waals surface area (Å²) in [6.45, 7) is 0. The predicted octanol–water partition coefficient (Wildman–Crippen LogP) is 12.1. The number of aromatic nitrogens is 7. The van der Waals surface area contributed by atoms with Crippen LogP contribution in [-0.4, -0.2) is 34.9 Å². The second-order valence-corrected chi connectivity index (χ2v) is 14.5. The first-order valence-electron chi connectivity index (χ1n) is 19.4. The molecule has 274 valence electrons. The van der Waals surface area contributed by atoms with Crippen molar-refractivity contribution in [3.63, 3.8) is 0 Å². The topological polar surface area (TPSA) is 88.1 Å². The molecule has 7 heteroatoms. The van der Waals surface area contributed by atoms with Crippen LogP contribution >= 0.6 is 0 Å². The lowest BCUT2D eigenvalue weighted by Crippen LogP contribution is -1.99. The summed E-state index contributed by atoms with van der Waals surface area (Å²) < 4.78 is 1.88. The van der Waals surface area contributed by atoms with Gasteiger partial charge in [-0.1, -0.05) is 139 Å². The summed E-state index contributed by atoms with van der Waals surface area (Å²) >= 11 is 0. The third kappa shape index (κ3) is 5.85. The third-order valence-corrected chi connectivity index (χ3v) is 11.0. The largest absolute Gasteiger partial charge is 0.354 e. The molecular weight excluding hydrogens is 711 g/mol. The molecule has 1 aliphatic carbocycles. The molecule has 0 amide bonds. The van der Waals surface area contributed by atoms with Gasteiger partial charge in [0.15, 0.2) is 0 Å². The molecule has 2 N–H and O–H groups in total. The molecule has 7 nitrogen and oxygen atoms in total. The van der Waals surface area contributed by atoms with Crippen molar-refractivity contribution < 1.29 is 0 Å². The zero-order chi connectivity index (χ0) is 38.4. The summed E-state index contributed by atoms with van der Waals surface area (Å²) in [6.07, 6.45) is 18.9. The third-order valence-electron chi connectivity index (χ3n) is 11.0. The molecule has 6 heterocycles. The summed E-state index contributed by atoms with van der Waals surface area (Å²) in [7, 11) is 0. The Morgan fingerprint density at radius 2 is 0.845 bits per heavy atom. The summed E-state index contributed by atoms with van der Waals surface area (Å²) in [5.41, 5.74) is 17.2. The maximum Gasteiger partial charge on any atom is 0.0938 e. The van der Waals surface area contributed by atoms with E-state index in [2.05, 4.69) is 184 Å². The molecule has 0 spiro atoms. The highest BCUT2D eigenvalue weighted by Crippen LogP contribution is 2.39. The maximum atomic E-state index is 5.49. The van der Waals surface area contributed by atoms with Crippen LogP contribution in [0.3, 0.4) is 0 Å². The monoisotopic (exact) mass is 745 g/mol. The van der Waals surface area contributed by atoms with Crippen molar-refractivity contribution in [1.82, 2.24) is 34.9 Å². The first kappa shape index (κ1) is 33.4. The molecule has 4 aromatic carbocycles. The number of aromatic amines is 2.